The van der Waals surface area contributed by atoms with E-state index in [4.69, 9.17) is 23.2 Å². The van der Waals surface area contributed by atoms with Crippen LogP contribution < -0.4 is 10.2 Å². The monoisotopic (exact) mass is 474 g/mol. The van der Waals surface area contributed by atoms with Gasteiger partial charge in [0.05, 0.1) is 28.0 Å². The fourth-order valence-corrected chi connectivity index (χ4v) is 5.13. The largest absolute Gasteiger partial charge is 0.302 e. The van der Waals surface area contributed by atoms with Crippen molar-refractivity contribution in [2.24, 2.45) is 0 Å². The van der Waals surface area contributed by atoms with Crippen molar-refractivity contribution in [3.8, 4) is 0 Å². The maximum Gasteiger partial charge on any atom is 0.245 e. The number of halogens is 2. The molecule has 0 bridgehead atoms. The Balaban J connectivity index is 1.59. The van der Waals surface area contributed by atoms with Gasteiger partial charge in [0.2, 0.25) is 5.91 Å². The van der Waals surface area contributed by atoms with Crippen LogP contribution in [0.3, 0.4) is 0 Å². The predicted octanol–water partition coefficient (Wildman–Crippen LogP) is 7.20. The van der Waals surface area contributed by atoms with Crippen LogP contribution in [0.4, 0.5) is 11.4 Å². The Morgan fingerprint density at radius 1 is 1.03 bits per heavy atom. The summed E-state index contributed by atoms with van der Waals surface area (Å²) in [6, 6.07) is 19.8. The number of rotatable bonds is 5. The second-order valence-electron chi connectivity index (χ2n) is 6.91. The number of hydrogen-bond donors (Lipinski definition) is 1. The van der Waals surface area contributed by atoms with E-state index in [2.05, 4.69) is 29.6 Å². The number of hydrogen-bond acceptors (Lipinski definition) is 4. The van der Waals surface area contributed by atoms with Gasteiger partial charge in [-0.05, 0) is 61.2 Å². The third kappa shape index (κ3) is 4.36. The van der Waals surface area contributed by atoms with Crippen LogP contribution in [0.1, 0.15) is 18.5 Å². The third-order valence-electron chi connectivity index (χ3n) is 4.99. The van der Waals surface area contributed by atoms with Crippen LogP contribution in [0.5, 0.6) is 0 Å². The highest BCUT2D eigenvalue weighted by atomic mass is 35.5. The first-order valence-electron chi connectivity index (χ1n) is 9.44. The number of carbonyl (C=O) groups is 1. The summed E-state index contributed by atoms with van der Waals surface area (Å²) in [6.45, 7) is 2.20. The maximum absolute atomic E-state index is 13.4. The molecule has 1 heterocycles. The van der Waals surface area contributed by atoms with Crippen molar-refractivity contribution in [2.75, 3.05) is 17.7 Å². The van der Waals surface area contributed by atoms with Crippen LogP contribution in [0.15, 0.2) is 75.4 Å². The molecule has 0 aliphatic carbocycles. The predicted molar refractivity (Wildman–Crippen MR) is 129 cm³/mol. The van der Waals surface area contributed by atoms with Crippen LogP contribution in [0.25, 0.3) is 0 Å². The molecule has 0 aromatic heterocycles. The highest BCUT2D eigenvalue weighted by molar-refractivity contribution is 8.00. The van der Waals surface area contributed by atoms with E-state index in [1.54, 1.807) is 29.6 Å². The fraction of sp³-hybridized carbons (Fsp3) is 0.174. The van der Waals surface area contributed by atoms with Gasteiger partial charge in [-0.2, -0.15) is 0 Å². The average molecular weight is 475 g/mol. The van der Waals surface area contributed by atoms with E-state index in [0.29, 0.717) is 10.0 Å². The van der Waals surface area contributed by atoms with Gasteiger partial charge < -0.3 is 5.32 Å². The van der Waals surface area contributed by atoms with E-state index >= 15 is 0 Å². The van der Waals surface area contributed by atoms with Crippen molar-refractivity contribution in [3.63, 3.8) is 0 Å². The molecular formula is C23H20Cl2N2OS2. The van der Waals surface area contributed by atoms with Gasteiger partial charge in [0, 0.05) is 20.7 Å². The van der Waals surface area contributed by atoms with Gasteiger partial charge >= 0.3 is 0 Å². The van der Waals surface area contributed by atoms with Gasteiger partial charge in [-0.1, -0.05) is 53.2 Å². The van der Waals surface area contributed by atoms with Gasteiger partial charge in [0.15, 0.2) is 0 Å². The molecule has 0 saturated heterocycles. The molecule has 0 radical (unpaired) electrons. The molecule has 1 amide bonds. The minimum atomic E-state index is -0.0462. The van der Waals surface area contributed by atoms with Crippen molar-refractivity contribution < 1.29 is 4.79 Å². The maximum atomic E-state index is 13.4. The fourth-order valence-electron chi connectivity index (χ4n) is 3.35. The number of carbonyl (C=O) groups excluding carboxylic acids is 1. The smallest absolute Gasteiger partial charge is 0.245 e. The molecule has 3 aromatic rings. The molecule has 0 spiro atoms. The summed E-state index contributed by atoms with van der Waals surface area (Å²) in [5, 5.41) is 4.36. The number of thioether (sulfide) groups is 1. The Bertz CT molecular complexity index is 1110. The lowest BCUT2D eigenvalue weighted by atomic mass is 10.1. The Hall–Kier alpha value is -1.63. The molecule has 1 N–H and O–H groups in total. The number of fused-ring (bicyclic) bond motifs is 2. The van der Waals surface area contributed by atoms with E-state index in [-0.39, 0.29) is 18.5 Å². The lowest BCUT2D eigenvalue weighted by Crippen LogP contribution is -2.37. The molecule has 1 atom stereocenters. The lowest BCUT2D eigenvalue weighted by Gasteiger charge is -2.32. The average Bonchev–Trinajstić information content (AvgIpc) is 2.77. The molecule has 0 fully saturated rings. The van der Waals surface area contributed by atoms with Gasteiger partial charge in [0.25, 0.3) is 0 Å². The van der Waals surface area contributed by atoms with Crippen molar-refractivity contribution in [1.82, 2.24) is 5.32 Å². The zero-order chi connectivity index (χ0) is 21.3. The van der Waals surface area contributed by atoms with E-state index in [1.807, 2.05) is 48.4 Å². The summed E-state index contributed by atoms with van der Waals surface area (Å²) in [4.78, 5) is 18.5. The van der Waals surface area contributed by atoms with Gasteiger partial charge in [0.1, 0.15) is 0 Å². The molecule has 3 nitrogen and oxygen atoms in total. The summed E-state index contributed by atoms with van der Waals surface area (Å²) >= 11 is 15.5. The first-order valence-corrected chi connectivity index (χ1v) is 12.2. The van der Waals surface area contributed by atoms with Crippen LogP contribution in [-0.4, -0.2) is 18.7 Å². The Morgan fingerprint density at radius 2 is 1.80 bits per heavy atom. The standard InChI is InChI=1S/C23H20Cl2N2OS2/c1-14(15-7-9-17(24)18(25)11-15)26-13-23(28)27-19-5-3-4-6-21(19)30-22-10-8-16(29-2)12-20(22)27/h3-12,14,26H,13H2,1-2H3. The van der Waals surface area contributed by atoms with Gasteiger partial charge in [-0.3, -0.25) is 9.69 Å². The van der Waals surface area contributed by atoms with E-state index < -0.39 is 0 Å². The Kier molecular flexibility index (Phi) is 6.66. The van der Waals surface area contributed by atoms with E-state index in [1.165, 1.54) is 0 Å². The van der Waals surface area contributed by atoms with Crippen LogP contribution in [0, 0.1) is 0 Å². The third-order valence-corrected chi connectivity index (χ3v) is 7.58. The summed E-state index contributed by atoms with van der Waals surface area (Å²) in [5.74, 6) is -0.00540. The zero-order valence-corrected chi connectivity index (χ0v) is 19.6. The molecule has 30 heavy (non-hydrogen) atoms. The van der Waals surface area contributed by atoms with Gasteiger partial charge in [-0.25, -0.2) is 0 Å². The van der Waals surface area contributed by atoms with Crippen molar-refractivity contribution in [1.29, 1.82) is 0 Å². The molecule has 1 aliphatic heterocycles. The molecular weight excluding hydrogens is 455 g/mol. The number of nitrogens with one attached hydrogen (secondary N) is 1. The minimum absolute atomic E-state index is 0.00540. The molecule has 7 heteroatoms. The molecule has 0 saturated carbocycles. The first-order chi connectivity index (χ1) is 14.5. The highest BCUT2D eigenvalue weighted by Crippen LogP contribution is 2.48. The summed E-state index contributed by atoms with van der Waals surface area (Å²) in [7, 11) is 0. The summed E-state index contributed by atoms with van der Waals surface area (Å²) < 4.78 is 0. The Labute approximate surface area is 195 Å². The van der Waals surface area contributed by atoms with Crippen LogP contribution in [-0.2, 0) is 4.79 Å². The number of benzene rings is 3. The molecule has 1 aliphatic rings. The van der Waals surface area contributed by atoms with Crippen molar-refractivity contribution in [2.45, 2.75) is 27.7 Å². The van der Waals surface area contributed by atoms with Crippen molar-refractivity contribution in [3.05, 3.63) is 76.3 Å². The highest BCUT2D eigenvalue weighted by Gasteiger charge is 2.28. The van der Waals surface area contributed by atoms with Crippen LogP contribution in [0.2, 0.25) is 10.0 Å². The first kappa shape index (κ1) is 21.6. The lowest BCUT2D eigenvalue weighted by molar-refractivity contribution is -0.117. The van der Waals surface area contributed by atoms with Gasteiger partial charge in [-0.15, -0.1) is 11.8 Å². The number of nitrogens with zero attached hydrogens (tertiary/aromatic N) is 1. The molecule has 154 valence electrons. The normalized spacial score (nSPS) is 13.5. The van der Waals surface area contributed by atoms with Crippen molar-refractivity contribution >= 4 is 64.0 Å². The molecule has 3 aromatic carbocycles. The number of amides is 1. The second-order valence-corrected chi connectivity index (χ2v) is 9.69. The molecule has 4 rings (SSSR count). The Morgan fingerprint density at radius 3 is 2.57 bits per heavy atom. The quantitative estimate of drug-likeness (QED) is 0.396. The summed E-state index contributed by atoms with van der Waals surface area (Å²) in [5.41, 5.74) is 2.83. The number of para-hydroxylation sites is 1. The topological polar surface area (TPSA) is 32.3 Å². The van der Waals surface area contributed by atoms with E-state index in [0.717, 1.165) is 31.6 Å². The minimum Gasteiger partial charge on any atom is -0.302 e. The number of anilines is 2. The summed E-state index contributed by atoms with van der Waals surface area (Å²) in [6.07, 6.45) is 2.04. The zero-order valence-electron chi connectivity index (χ0n) is 16.5. The van der Waals surface area contributed by atoms with Crippen LogP contribution >= 0.6 is 46.7 Å². The molecule has 1 unspecified atom stereocenters. The SMILES string of the molecule is CSc1ccc2c(c1)N(C(=O)CNC(C)c1ccc(Cl)c(Cl)c1)c1ccccc1S2. The second kappa shape index (κ2) is 9.25. The van der Waals surface area contributed by atoms with E-state index in [9.17, 15) is 4.79 Å².